The van der Waals surface area contributed by atoms with Crippen molar-refractivity contribution in [2.24, 2.45) is 0 Å². The van der Waals surface area contributed by atoms with Gasteiger partial charge < -0.3 is 19.9 Å². The monoisotopic (exact) mass is 349 g/mol. The Kier molecular flexibility index (Phi) is 4.83. The summed E-state index contributed by atoms with van der Waals surface area (Å²) in [6, 6.07) is 4.40. The summed E-state index contributed by atoms with van der Waals surface area (Å²) in [6.07, 6.45) is 0.701. The van der Waals surface area contributed by atoms with Crippen LogP contribution in [0.2, 0.25) is 0 Å². The van der Waals surface area contributed by atoms with E-state index in [9.17, 15) is 14.0 Å². The van der Waals surface area contributed by atoms with Crippen LogP contribution in [-0.2, 0) is 0 Å². The Morgan fingerprint density at radius 2 is 2.20 bits per heavy atom. The number of carbonyl (C=O) groups is 2. The van der Waals surface area contributed by atoms with Crippen LogP contribution in [0.25, 0.3) is 0 Å². The summed E-state index contributed by atoms with van der Waals surface area (Å²) in [5.74, 6) is -0.808. The molecule has 1 aromatic carbocycles. The molecular formula is C18H24FN3O3. The Morgan fingerprint density at radius 3 is 2.88 bits per heavy atom. The van der Waals surface area contributed by atoms with Crippen LogP contribution in [0.3, 0.4) is 0 Å². The average Bonchev–Trinajstić information content (AvgIpc) is 2.91. The van der Waals surface area contributed by atoms with Crippen molar-refractivity contribution in [3.63, 3.8) is 0 Å². The minimum absolute atomic E-state index is 0.00334. The van der Waals surface area contributed by atoms with E-state index in [2.05, 4.69) is 5.32 Å². The van der Waals surface area contributed by atoms with Crippen molar-refractivity contribution in [2.45, 2.75) is 45.3 Å². The number of carbonyl (C=O) groups excluding carboxylic acids is 2. The highest BCUT2D eigenvalue weighted by Gasteiger charge is 2.44. The van der Waals surface area contributed by atoms with Crippen LogP contribution in [0.5, 0.6) is 5.75 Å². The van der Waals surface area contributed by atoms with Gasteiger partial charge in [0, 0.05) is 19.1 Å². The molecule has 2 aliphatic rings. The first kappa shape index (κ1) is 17.5. The lowest BCUT2D eigenvalue weighted by Crippen LogP contribution is -2.53. The summed E-state index contributed by atoms with van der Waals surface area (Å²) in [7, 11) is 0. The normalized spacial score (nSPS) is 22.8. The fourth-order valence-electron chi connectivity index (χ4n) is 3.74. The summed E-state index contributed by atoms with van der Waals surface area (Å²) in [4.78, 5) is 28.6. The van der Waals surface area contributed by atoms with Crippen LogP contribution in [0.1, 0.15) is 37.6 Å². The van der Waals surface area contributed by atoms with E-state index in [1.54, 1.807) is 17.9 Å². The maximum Gasteiger partial charge on any atom is 0.318 e. The standard InChI is InChI=1S/C18H24FN3O3/c1-4-25-16-12(6-5-7-13(16)19)17(23)21-9-8-15-14(10-21)20-18(24)22(15)11(2)3/h5-7,11,14-15H,4,8-10H2,1-3H3,(H,20,24)/t14-,15+/m1/s1. The molecule has 25 heavy (non-hydrogen) atoms. The zero-order chi connectivity index (χ0) is 18.1. The summed E-state index contributed by atoms with van der Waals surface area (Å²) in [5, 5.41) is 2.96. The maximum atomic E-state index is 14.0. The molecule has 7 heteroatoms. The van der Waals surface area contributed by atoms with Gasteiger partial charge in [0.05, 0.1) is 24.3 Å². The van der Waals surface area contributed by atoms with Crippen LogP contribution in [0, 0.1) is 5.82 Å². The molecule has 0 unspecified atom stereocenters. The highest BCUT2D eigenvalue weighted by atomic mass is 19.1. The fraction of sp³-hybridized carbons (Fsp3) is 0.556. The van der Waals surface area contributed by atoms with E-state index >= 15 is 0 Å². The van der Waals surface area contributed by atoms with Crippen LogP contribution >= 0.6 is 0 Å². The van der Waals surface area contributed by atoms with Gasteiger partial charge in [-0.15, -0.1) is 0 Å². The highest BCUT2D eigenvalue weighted by Crippen LogP contribution is 2.28. The first-order chi connectivity index (χ1) is 11.9. The van der Waals surface area contributed by atoms with Crippen molar-refractivity contribution in [3.05, 3.63) is 29.6 Å². The predicted octanol–water partition coefficient (Wildman–Crippen LogP) is 2.24. The minimum atomic E-state index is -0.539. The Hall–Kier alpha value is -2.31. The third-order valence-electron chi connectivity index (χ3n) is 4.81. The van der Waals surface area contributed by atoms with Gasteiger partial charge in [-0.05, 0) is 39.3 Å². The fourth-order valence-corrected chi connectivity index (χ4v) is 3.74. The molecule has 2 heterocycles. The van der Waals surface area contributed by atoms with Gasteiger partial charge in [0.25, 0.3) is 5.91 Å². The zero-order valence-corrected chi connectivity index (χ0v) is 14.8. The Balaban J connectivity index is 1.78. The first-order valence-corrected chi connectivity index (χ1v) is 8.73. The average molecular weight is 349 g/mol. The molecule has 6 nitrogen and oxygen atoms in total. The lowest BCUT2D eigenvalue weighted by atomic mass is 9.98. The van der Waals surface area contributed by atoms with Gasteiger partial charge in [-0.2, -0.15) is 0 Å². The molecule has 2 fully saturated rings. The molecule has 2 atom stereocenters. The second-order valence-corrected chi connectivity index (χ2v) is 6.71. The van der Waals surface area contributed by atoms with Crippen molar-refractivity contribution < 1.29 is 18.7 Å². The summed E-state index contributed by atoms with van der Waals surface area (Å²) >= 11 is 0. The van der Waals surface area contributed by atoms with E-state index in [0.29, 0.717) is 19.5 Å². The largest absolute Gasteiger partial charge is 0.490 e. The number of likely N-dealkylation sites (tertiary alicyclic amines) is 1. The number of urea groups is 1. The van der Waals surface area contributed by atoms with Crippen LogP contribution < -0.4 is 10.1 Å². The number of amides is 3. The Morgan fingerprint density at radius 1 is 1.44 bits per heavy atom. The van der Waals surface area contributed by atoms with Crippen molar-refractivity contribution in [2.75, 3.05) is 19.7 Å². The zero-order valence-electron chi connectivity index (χ0n) is 14.8. The number of ether oxygens (including phenoxy) is 1. The number of fused-ring (bicyclic) bond motifs is 1. The Labute approximate surface area is 146 Å². The number of halogens is 1. The van der Waals surface area contributed by atoms with E-state index in [-0.39, 0.29) is 48.0 Å². The number of piperidine rings is 1. The van der Waals surface area contributed by atoms with Crippen molar-refractivity contribution in [1.29, 1.82) is 0 Å². The minimum Gasteiger partial charge on any atom is -0.490 e. The van der Waals surface area contributed by atoms with Gasteiger partial charge in [0.2, 0.25) is 0 Å². The Bertz CT molecular complexity index is 680. The number of nitrogens with one attached hydrogen (secondary N) is 1. The number of rotatable bonds is 4. The summed E-state index contributed by atoms with van der Waals surface area (Å²) in [6.45, 7) is 6.95. The number of hydrogen-bond acceptors (Lipinski definition) is 3. The lowest BCUT2D eigenvalue weighted by molar-refractivity contribution is 0.0640. The molecule has 0 saturated carbocycles. The van der Waals surface area contributed by atoms with Gasteiger partial charge in [-0.3, -0.25) is 4.79 Å². The first-order valence-electron chi connectivity index (χ1n) is 8.73. The third-order valence-corrected chi connectivity index (χ3v) is 4.81. The summed E-state index contributed by atoms with van der Waals surface area (Å²) < 4.78 is 19.3. The molecule has 0 aromatic heterocycles. The van der Waals surface area contributed by atoms with Crippen LogP contribution in [-0.4, -0.2) is 59.6 Å². The summed E-state index contributed by atoms with van der Waals surface area (Å²) in [5.41, 5.74) is 0.227. The van der Waals surface area contributed by atoms with Crippen molar-refractivity contribution in [1.82, 2.24) is 15.1 Å². The number of nitrogens with zero attached hydrogens (tertiary/aromatic N) is 2. The van der Waals surface area contributed by atoms with Crippen molar-refractivity contribution >= 4 is 11.9 Å². The molecule has 0 radical (unpaired) electrons. The molecule has 0 spiro atoms. The highest BCUT2D eigenvalue weighted by molar-refractivity contribution is 5.97. The topological polar surface area (TPSA) is 61.9 Å². The predicted molar refractivity (Wildman–Crippen MR) is 91.2 cm³/mol. The molecular weight excluding hydrogens is 325 g/mol. The van der Waals surface area contributed by atoms with Gasteiger partial charge in [-0.1, -0.05) is 6.07 Å². The van der Waals surface area contributed by atoms with E-state index in [0.717, 1.165) is 0 Å². The molecule has 3 amide bonds. The van der Waals surface area contributed by atoms with Gasteiger partial charge in [0.15, 0.2) is 11.6 Å². The van der Waals surface area contributed by atoms with E-state index in [4.69, 9.17) is 4.74 Å². The quantitative estimate of drug-likeness (QED) is 0.907. The lowest BCUT2D eigenvalue weighted by Gasteiger charge is -2.38. The van der Waals surface area contributed by atoms with E-state index in [1.165, 1.54) is 12.1 Å². The number of para-hydroxylation sites is 1. The van der Waals surface area contributed by atoms with Crippen molar-refractivity contribution in [3.8, 4) is 5.75 Å². The number of benzene rings is 1. The molecule has 3 rings (SSSR count). The smallest absolute Gasteiger partial charge is 0.318 e. The molecule has 0 bridgehead atoms. The second kappa shape index (κ2) is 6.90. The molecule has 0 aliphatic carbocycles. The molecule has 2 saturated heterocycles. The van der Waals surface area contributed by atoms with Crippen LogP contribution in [0.15, 0.2) is 18.2 Å². The van der Waals surface area contributed by atoms with Crippen LogP contribution in [0.4, 0.5) is 9.18 Å². The SMILES string of the molecule is CCOc1c(F)cccc1C(=O)N1CC[C@H]2[C@@H](C1)NC(=O)N2C(C)C. The second-order valence-electron chi connectivity index (χ2n) is 6.71. The maximum absolute atomic E-state index is 14.0. The molecule has 1 N–H and O–H groups in total. The molecule has 136 valence electrons. The van der Waals surface area contributed by atoms with Gasteiger partial charge in [-0.25, -0.2) is 9.18 Å². The molecule has 1 aromatic rings. The van der Waals surface area contributed by atoms with E-state index < -0.39 is 5.82 Å². The van der Waals surface area contributed by atoms with Gasteiger partial charge in [0.1, 0.15) is 0 Å². The molecule has 2 aliphatic heterocycles. The number of hydrogen-bond donors (Lipinski definition) is 1. The third kappa shape index (κ3) is 3.15. The van der Waals surface area contributed by atoms with Gasteiger partial charge >= 0.3 is 6.03 Å². The van der Waals surface area contributed by atoms with E-state index in [1.807, 2.05) is 18.7 Å².